The zero-order valence-corrected chi connectivity index (χ0v) is 33.2. The van der Waals surface area contributed by atoms with Gasteiger partial charge in [0.15, 0.2) is 0 Å². The van der Waals surface area contributed by atoms with Crippen LogP contribution in [-0.4, -0.2) is 60.1 Å². The van der Waals surface area contributed by atoms with E-state index in [-0.39, 0.29) is 6.04 Å². The Morgan fingerprint density at radius 3 is 2.61 bits per heavy atom. The van der Waals surface area contributed by atoms with E-state index in [1.807, 2.05) is 6.07 Å². The van der Waals surface area contributed by atoms with E-state index >= 15 is 0 Å². The number of nitrogens with zero attached hydrogens (tertiary/aromatic N) is 1. The molecule has 1 heterocycles. The molecule has 6 aliphatic rings. The summed E-state index contributed by atoms with van der Waals surface area (Å²) >= 11 is 0. The third kappa shape index (κ3) is 7.72. The van der Waals surface area contributed by atoms with Gasteiger partial charge in [-0.2, -0.15) is 0 Å². The molecule has 1 spiro atoms. The number of rotatable bonds is 14. The Morgan fingerprint density at radius 2 is 1.78 bits per heavy atom. The van der Waals surface area contributed by atoms with Crippen molar-refractivity contribution in [2.75, 3.05) is 32.8 Å². The van der Waals surface area contributed by atoms with E-state index in [1.54, 1.807) is 5.57 Å². The molecule has 5 nitrogen and oxygen atoms in total. The summed E-state index contributed by atoms with van der Waals surface area (Å²) in [7, 11) is 0. The zero-order valence-electron chi connectivity index (χ0n) is 33.2. The lowest BCUT2D eigenvalue weighted by Gasteiger charge is -2.48. The van der Waals surface area contributed by atoms with Crippen molar-refractivity contribution < 1.29 is 9.84 Å². The minimum atomic E-state index is -0.622. The normalized spacial score (nSPS) is 41.4. The highest BCUT2D eigenvalue weighted by Crippen LogP contribution is 2.81. The molecule has 4 saturated carbocycles. The summed E-state index contributed by atoms with van der Waals surface area (Å²) in [5.41, 5.74) is 4.62. The summed E-state index contributed by atoms with van der Waals surface area (Å²) in [5.74, 6) is 4.80. The maximum Gasteiger partial charge on any atom is 0.0777 e. The van der Waals surface area contributed by atoms with E-state index in [2.05, 4.69) is 75.2 Å². The van der Waals surface area contributed by atoms with Crippen LogP contribution in [0, 0.1) is 57.2 Å². The molecule has 3 N–H and O–H groups in total. The smallest absolute Gasteiger partial charge is 0.0777 e. The van der Waals surface area contributed by atoms with Crippen LogP contribution in [0.2, 0.25) is 0 Å². The van der Waals surface area contributed by atoms with Crippen LogP contribution in [0.25, 0.3) is 0 Å². The molecular weight excluding hydrogens is 627 g/mol. The molecule has 284 valence electrons. The summed E-state index contributed by atoms with van der Waals surface area (Å²) in [5, 5.41) is 23.8. The highest BCUT2D eigenvalue weighted by atomic mass is 16.5. The lowest BCUT2D eigenvalue weighted by atomic mass is 9.59. The number of ether oxygens (including phenoxy) is 1. The van der Waals surface area contributed by atoms with Crippen molar-refractivity contribution in [1.29, 1.82) is 5.41 Å². The number of benzene rings is 1. The van der Waals surface area contributed by atoms with Gasteiger partial charge in [0, 0.05) is 37.9 Å². The van der Waals surface area contributed by atoms with Crippen LogP contribution in [0.15, 0.2) is 42.0 Å². The molecule has 0 amide bonds. The van der Waals surface area contributed by atoms with Gasteiger partial charge in [0.1, 0.15) is 0 Å². The Bertz CT molecular complexity index is 1380. The second kappa shape index (κ2) is 15.3. The Balaban J connectivity index is 0.901. The highest BCUT2D eigenvalue weighted by molar-refractivity contribution is 5.94. The first-order valence-corrected chi connectivity index (χ1v) is 21.5. The van der Waals surface area contributed by atoms with E-state index in [0.29, 0.717) is 34.7 Å². The lowest BCUT2D eigenvalue weighted by molar-refractivity contribution is -0.0890. The quantitative estimate of drug-likeness (QED) is 0.169. The molecule has 5 fully saturated rings. The van der Waals surface area contributed by atoms with Gasteiger partial charge in [-0.15, -0.1) is 0 Å². The summed E-state index contributed by atoms with van der Waals surface area (Å²) in [6.07, 6.45) is 21.9. The Hall–Kier alpha value is -1.53. The Kier molecular flexibility index (Phi) is 11.3. The molecule has 2 bridgehead atoms. The molecule has 1 aliphatic heterocycles. The van der Waals surface area contributed by atoms with Crippen molar-refractivity contribution in [3.8, 4) is 0 Å². The van der Waals surface area contributed by atoms with Gasteiger partial charge in [0.2, 0.25) is 0 Å². The average Bonchev–Trinajstić information content (AvgIpc) is 3.76. The minimum absolute atomic E-state index is 0.241. The number of fused-ring (bicyclic) bond motifs is 6. The molecule has 0 radical (unpaired) electrons. The van der Waals surface area contributed by atoms with Gasteiger partial charge in [-0.25, -0.2) is 0 Å². The van der Waals surface area contributed by atoms with Crippen LogP contribution in [0.4, 0.5) is 0 Å². The van der Waals surface area contributed by atoms with Crippen molar-refractivity contribution in [1.82, 2.24) is 10.2 Å². The van der Waals surface area contributed by atoms with Gasteiger partial charge in [-0.3, -0.25) is 4.90 Å². The molecule has 7 rings (SSSR count). The fourth-order valence-corrected chi connectivity index (χ4v) is 13.4. The van der Waals surface area contributed by atoms with Gasteiger partial charge in [0.25, 0.3) is 0 Å². The zero-order chi connectivity index (χ0) is 35.9. The first-order valence-electron chi connectivity index (χ1n) is 21.5. The van der Waals surface area contributed by atoms with E-state index in [1.165, 1.54) is 82.6 Å². The maximum atomic E-state index is 11.7. The van der Waals surface area contributed by atoms with Crippen molar-refractivity contribution in [3.63, 3.8) is 0 Å². The number of piperidine rings is 1. The van der Waals surface area contributed by atoms with Crippen molar-refractivity contribution in [2.45, 2.75) is 149 Å². The highest BCUT2D eigenvalue weighted by Gasteiger charge is 2.73. The van der Waals surface area contributed by atoms with Crippen molar-refractivity contribution >= 4 is 5.71 Å². The number of likely N-dealkylation sites (tertiary alicyclic amines) is 1. The van der Waals surface area contributed by atoms with Crippen LogP contribution < -0.4 is 5.32 Å². The largest absolute Gasteiger partial charge is 0.389 e. The summed E-state index contributed by atoms with van der Waals surface area (Å²) < 4.78 is 5.89. The third-order valence-electron chi connectivity index (χ3n) is 16.4. The van der Waals surface area contributed by atoms with Gasteiger partial charge < -0.3 is 20.6 Å². The summed E-state index contributed by atoms with van der Waals surface area (Å²) in [6.45, 7) is 17.6. The van der Waals surface area contributed by atoms with Gasteiger partial charge in [-0.05, 0) is 160 Å². The molecule has 0 aromatic heterocycles. The second-order valence-electron chi connectivity index (χ2n) is 19.7. The molecule has 5 aliphatic carbocycles. The third-order valence-corrected chi connectivity index (χ3v) is 16.4. The molecule has 51 heavy (non-hydrogen) atoms. The SMILES string of the molecule is C[C@@H](CC[C@H]1CC[C@H]2[C@H]3CCC4=CC(=N)CC[C@]4(C)[C@H](CC3)CC23CC13C)CC[C@H]1N(CCNCCOCc2ccccc2)C[C@@H](C)C[C@@]1(C)O. The fraction of sp³-hybridized carbons (Fsp3) is 0.804. The molecule has 1 aromatic carbocycles. The van der Waals surface area contributed by atoms with Gasteiger partial charge in [-0.1, -0.05) is 70.0 Å². The first-order chi connectivity index (χ1) is 24.4. The molecular formula is C46H73N3O2. The molecule has 1 saturated heterocycles. The van der Waals surface area contributed by atoms with Crippen LogP contribution in [-0.2, 0) is 11.3 Å². The number of aliphatic hydroxyl groups is 1. The van der Waals surface area contributed by atoms with Gasteiger partial charge >= 0.3 is 0 Å². The summed E-state index contributed by atoms with van der Waals surface area (Å²) in [6, 6.07) is 10.7. The fourth-order valence-electron chi connectivity index (χ4n) is 13.4. The van der Waals surface area contributed by atoms with Gasteiger partial charge in [0.05, 0.1) is 18.8 Å². The van der Waals surface area contributed by atoms with Crippen LogP contribution in [0.1, 0.15) is 136 Å². The second-order valence-corrected chi connectivity index (χ2v) is 19.7. The van der Waals surface area contributed by atoms with E-state index in [4.69, 9.17) is 10.1 Å². The van der Waals surface area contributed by atoms with E-state index < -0.39 is 5.60 Å². The Morgan fingerprint density at radius 1 is 0.980 bits per heavy atom. The molecule has 11 atom stereocenters. The van der Waals surface area contributed by atoms with Crippen LogP contribution in [0.3, 0.4) is 0 Å². The number of hydrogen-bond acceptors (Lipinski definition) is 5. The number of allylic oxidation sites excluding steroid dienone is 2. The topological polar surface area (TPSA) is 68.6 Å². The Labute approximate surface area is 311 Å². The monoisotopic (exact) mass is 700 g/mol. The maximum absolute atomic E-state index is 11.7. The van der Waals surface area contributed by atoms with Crippen molar-refractivity contribution in [2.24, 2.45) is 51.8 Å². The summed E-state index contributed by atoms with van der Waals surface area (Å²) in [4.78, 5) is 2.61. The predicted octanol–water partition coefficient (Wildman–Crippen LogP) is 9.83. The number of nitrogens with one attached hydrogen (secondary N) is 2. The van der Waals surface area contributed by atoms with Crippen LogP contribution in [0.5, 0.6) is 0 Å². The molecule has 2 unspecified atom stereocenters. The number of hydrogen-bond donors (Lipinski definition) is 3. The first kappa shape index (κ1) is 37.8. The van der Waals surface area contributed by atoms with Crippen LogP contribution >= 0.6 is 0 Å². The standard InChI is InChI=1S/C46H73N3O2/c1-33(12-20-42-45(5,50)28-34(2)30-49(42)25-23-48-24-26-51-31-35-9-7-6-8-10-35)11-15-37-18-19-41-36-13-16-38-27-40(47)21-22-43(38,3)39(17-14-36)29-46(41)32-44(37,46)4/h6-10,27,33-34,36-37,39,41-42,47-48,50H,11-26,28-32H2,1-5H3/t33-,34-,36-,37-,39+,41-,42+,43-,44?,45+,46?/m0/s1. The molecule has 5 heteroatoms. The van der Waals surface area contributed by atoms with E-state index in [0.717, 1.165) is 81.4 Å². The van der Waals surface area contributed by atoms with E-state index in [9.17, 15) is 5.11 Å². The molecule has 1 aromatic rings. The minimum Gasteiger partial charge on any atom is -0.389 e. The lowest BCUT2D eigenvalue weighted by Crippen LogP contribution is -2.58. The predicted molar refractivity (Wildman–Crippen MR) is 211 cm³/mol. The average molecular weight is 700 g/mol. The van der Waals surface area contributed by atoms with Crippen molar-refractivity contribution in [3.05, 3.63) is 47.5 Å².